The molecule has 0 aliphatic carbocycles. The Hall–Kier alpha value is -2.82. The van der Waals surface area contributed by atoms with Crippen molar-refractivity contribution in [2.45, 2.75) is 19.3 Å². The zero-order valence-corrected chi connectivity index (χ0v) is 12.9. The summed E-state index contributed by atoms with van der Waals surface area (Å²) >= 11 is 0. The quantitative estimate of drug-likeness (QED) is 0.912. The third-order valence-electron chi connectivity index (χ3n) is 3.78. The van der Waals surface area contributed by atoms with E-state index < -0.39 is 0 Å². The van der Waals surface area contributed by atoms with Crippen molar-refractivity contribution < 1.29 is 14.3 Å². The minimum Gasteiger partial charge on any atom is -0.497 e. The van der Waals surface area contributed by atoms with Crippen LogP contribution in [0, 0.1) is 0 Å². The van der Waals surface area contributed by atoms with Crippen molar-refractivity contribution in [2.24, 2.45) is 0 Å². The van der Waals surface area contributed by atoms with Gasteiger partial charge >= 0.3 is 0 Å². The van der Waals surface area contributed by atoms with Gasteiger partial charge in [0.25, 0.3) is 0 Å². The van der Waals surface area contributed by atoms with E-state index >= 15 is 0 Å². The molecule has 118 valence electrons. The Labute approximate surface area is 134 Å². The number of carbonyl (C=O) groups is 2. The van der Waals surface area contributed by atoms with E-state index in [2.05, 4.69) is 10.6 Å². The topological polar surface area (TPSA) is 67.4 Å². The predicted octanol–water partition coefficient (Wildman–Crippen LogP) is 2.76. The maximum absolute atomic E-state index is 12.2. The summed E-state index contributed by atoms with van der Waals surface area (Å²) in [5.41, 5.74) is 3.51. The Morgan fingerprint density at radius 2 is 2.09 bits per heavy atom. The van der Waals surface area contributed by atoms with Gasteiger partial charge in [0.15, 0.2) is 0 Å². The van der Waals surface area contributed by atoms with Crippen molar-refractivity contribution in [3.05, 3.63) is 53.6 Å². The van der Waals surface area contributed by atoms with Gasteiger partial charge in [-0.2, -0.15) is 0 Å². The van der Waals surface area contributed by atoms with Crippen LogP contribution in [0.25, 0.3) is 0 Å². The maximum Gasteiger partial charge on any atom is 0.228 e. The minimum atomic E-state index is -0.0851. The van der Waals surface area contributed by atoms with Crippen LogP contribution >= 0.6 is 0 Å². The number of rotatable bonds is 4. The number of nitrogens with one attached hydrogen (secondary N) is 2. The summed E-state index contributed by atoms with van der Waals surface area (Å²) in [4.78, 5) is 23.5. The summed E-state index contributed by atoms with van der Waals surface area (Å²) in [6, 6.07) is 13.0. The molecule has 2 N–H and O–H groups in total. The van der Waals surface area contributed by atoms with Gasteiger partial charge < -0.3 is 15.4 Å². The summed E-state index contributed by atoms with van der Waals surface area (Å²) < 4.78 is 5.16. The SMILES string of the molecule is COc1cccc(CC(=O)Nc2ccc3c(c2)CCC(=O)N3)c1. The molecule has 0 aromatic heterocycles. The molecular weight excluding hydrogens is 292 g/mol. The lowest BCUT2D eigenvalue weighted by Gasteiger charge is -2.17. The molecule has 5 nitrogen and oxygen atoms in total. The fraction of sp³-hybridized carbons (Fsp3) is 0.222. The summed E-state index contributed by atoms with van der Waals surface area (Å²) in [7, 11) is 1.60. The highest BCUT2D eigenvalue weighted by Gasteiger charge is 2.15. The first-order valence-electron chi connectivity index (χ1n) is 7.49. The van der Waals surface area contributed by atoms with Gasteiger partial charge in [0.2, 0.25) is 11.8 Å². The Morgan fingerprint density at radius 1 is 1.22 bits per heavy atom. The summed E-state index contributed by atoms with van der Waals surface area (Å²) in [5, 5.41) is 5.72. The van der Waals surface area contributed by atoms with Crippen molar-refractivity contribution in [2.75, 3.05) is 17.7 Å². The van der Waals surface area contributed by atoms with Crippen LogP contribution in [0.15, 0.2) is 42.5 Å². The standard InChI is InChI=1S/C18H18N2O3/c1-23-15-4-2-3-12(9-15)10-18(22)19-14-6-7-16-13(11-14)5-8-17(21)20-16/h2-4,6-7,9,11H,5,8,10H2,1H3,(H,19,22)(H,20,21). The zero-order valence-electron chi connectivity index (χ0n) is 12.9. The highest BCUT2D eigenvalue weighted by molar-refractivity contribution is 5.96. The smallest absolute Gasteiger partial charge is 0.228 e. The van der Waals surface area contributed by atoms with Crippen molar-refractivity contribution in [1.29, 1.82) is 0 Å². The molecule has 23 heavy (non-hydrogen) atoms. The molecule has 5 heteroatoms. The number of methoxy groups -OCH3 is 1. The number of anilines is 2. The largest absolute Gasteiger partial charge is 0.497 e. The number of fused-ring (bicyclic) bond motifs is 1. The molecule has 1 aliphatic heterocycles. The molecule has 0 saturated carbocycles. The minimum absolute atomic E-state index is 0.0345. The van der Waals surface area contributed by atoms with E-state index in [1.165, 1.54) is 0 Å². The molecule has 0 atom stereocenters. The van der Waals surface area contributed by atoms with Crippen LogP contribution in [0.4, 0.5) is 11.4 Å². The number of hydrogen-bond donors (Lipinski definition) is 2. The lowest BCUT2D eigenvalue weighted by Crippen LogP contribution is -2.19. The van der Waals surface area contributed by atoms with Crippen molar-refractivity contribution in [3.8, 4) is 5.75 Å². The molecule has 0 fully saturated rings. The Bertz CT molecular complexity index is 756. The van der Waals surface area contributed by atoms with Gasteiger partial charge in [0.1, 0.15) is 5.75 Å². The molecule has 1 heterocycles. The monoisotopic (exact) mass is 310 g/mol. The van der Waals surface area contributed by atoms with E-state index in [0.29, 0.717) is 12.8 Å². The molecule has 2 aromatic carbocycles. The first kappa shape index (κ1) is 15.1. The molecule has 0 unspecified atom stereocenters. The van der Waals surface area contributed by atoms with Crippen molar-refractivity contribution >= 4 is 23.2 Å². The van der Waals surface area contributed by atoms with Crippen molar-refractivity contribution in [1.82, 2.24) is 0 Å². The van der Waals surface area contributed by atoms with Crippen LogP contribution in [0.3, 0.4) is 0 Å². The van der Waals surface area contributed by atoms with Crippen molar-refractivity contribution in [3.63, 3.8) is 0 Å². The average molecular weight is 310 g/mol. The molecule has 0 spiro atoms. The van der Waals surface area contributed by atoms with Crippen LogP contribution in [-0.2, 0) is 22.4 Å². The first-order chi connectivity index (χ1) is 11.1. The fourth-order valence-corrected chi connectivity index (χ4v) is 2.63. The lowest BCUT2D eigenvalue weighted by atomic mass is 10.0. The number of carbonyl (C=O) groups excluding carboxylic acids is 2. The van der Waals surface area contributed by atoms with Crippen LogP contribution in [0.1, 0.15) is 17.5 Å². The molecule has 3 rings (SSSR count). The average Bonchev–Trinajstić information content (AvgIpc) is 2.55. The van der Waals surface area contributed by atoms with Gasteiger partial charge in [-0.05, 0) is 47.9 Å². The predicted molar refractivity (Wildman–Crippen MR) is 88.7 cm³/mol. The Kier molecular flexibility index (Phi) is 4.28. The second-order valence-electron chi connectivity index (χ2n) is 5.50. The van der Waals surface area contributed by atoms with Crippen LogP contribution in [0.2, 0.25) is 0 Å². The number of aryl methyl sites for hydroxylation is 1. The Morgan fingerprint density at radius 3 is 2.91 bits per heavy atom. The second-order valence-corrected chi connectivity index (χ2v) is 5.50. The zero-order chi connectivity index (χ0) is 16.2. The normalized spacial score (nSPS) is 13.0. The van der Waals surface area contributed by atoms with E-state index in [0.717, 1.165) is 28.3 Å². The summed E-state index contributed by atoms with van der Waals surface area (Å²) in [6.07, 6.45) is 1.46. The van der Waals surface area contributed by atoms with E-state index in [4.69, 9.17) is 4.74 Å². The Balaban J connectivity index is 1.67. The third-order valence-corrected chi connectivity index (χ3v) is 3.78. The molecular formula is C18H18N2O3. The number of benzene rings is 2. The molecule has 0 radical (unpaired) electrons. The summed E-state index contributed by atoms with van der Waals surface area (Å²) in [6.45, 7) is 0. The highest BCUT2D eigenvalue weighted by atomic mass is 16.5. The van der Waals surface area contributed by atoms with E-state index in [1.807, 2.05) is 36.4 Å². The molecule has 0 bridgehead atoms. The van der Waals surface area contributed by atoms with Gasteiger partial charge in [-0.15, -0.1) is 0 Å². The van der Waals surface area contributed by atoms with Crippen LogP contribution < -0.4 is 15.4 Å². The second kappa shape index (κ2) is 6.52. The first-order valence-corrected chi connectivity index (χ1v) is 7.49. The van der Waals surface area contributed by atoms with E-state index in [1.54, 1.807) is 13.2 Å². The lowest BCUT2D eigenvalue weighted by molar-refractivity contribution is -0.117. The van der Waals surface area contributed by atoms with Gasteiger partial charge in [0.05, 0.1) is 13.5 Å². The molecule has 1 aliphatic rings. The maximum atomic E-state index is 12.2. The number of amides is 2. The summed E-state index contributed by atoms with van der Waals surface area (Å²) in [5.74, 6) is 0.685. The van der Waals surface area contributed by atoms with Gasteiger partial charge in [0, 0.05) is 17.8 Å². The van der Waals surface area contributed by atoms with Gasteiger partial charge in [-0.25, -0.2) is 0 Å². The fourth-order valence-electron chi connectivity index (χ4n) is 2.63. The number of ether oxygens (including phenoxy) is 1. The third kappa shape index (κ3) is 3.69. The number of hydrogen-bond acceptors (Lipinski definition) is 3. The van der Waals surface area contributed by atoms with E-state index in [-0.39, 0.29) is 18.2 Å². The molecule has 2 amide bonds. The van der Waals surface area contributed by atoms with Gasteiger partial charge in [-0.1, -0.05) is 12.1 Å². The molecule has 2 aromatic rings. The highest BCUT2D eigenvalue weighted by Crippen LogP contribution is 2.25. The van der Waals surface area contributed by atoms with E-state index in [9.17, 15) is 9.59 Å². The van der Waals surface area contributed by atoms with Crippen LogP contribution in [-0.4, -0.2) is 18.9 Å². The van der Waals surface area contributed by atoms with Gasteiger partial charge in [-0.3, -0.25) is 9.59 Å². The molecule has 0 saturated heterocycles. The van der Waals surface area contributed by atoms with Crippen LogP contribution in [0.5, 0.6) is 5.75 Å².